The zero-order valence-corrected chi connectivity index (χ0v) is 13.6. The normalized spacial score (nSPS) is 18.4. The van der Waals surface area contributed by atoms with Crippen molar-refractivity contribution in [2.75, 3.05) is 19.2 Å². The number of esters is 1. The first kappa shape index (κ1) is 16.6. The molecule has 8 heteroatoms. The third kappa shape index (κ3) is 4.13. The molecule has 1 aliphatic heterocycles. The molecule has 0 bridgehead atoms. The summed E-state index contributed by atoms with van der Waals surface area (Å²) in [6.45, 7) is 6.65. The zero-order chi connectivity index (χ0) is 16.3. The molecule has 1 aromatic rings. The number of H-pyrrole nitrogens is 1. The lowest BCUT2D eigenvalue weighted by Crippen LogP contribution is -2.35. The molecule has 0 aromatic carbocycles. The van der Waals surface area contributed by atoms with Gasteiger partial charge in [0.05, 0.1) is 0 Å². The second kappa shape index (κ2) is 6.56. The number of likely N-dealkylation sites (tertiary alicyclic amines) is 1. The Morgan fingerprint density at radius 1 is 1.50 bits per heavy atom. The van der Waals surface area contributed by atoms with Gasteiger partial charge in [0.2, 0.25) is 0 Å². The highest BCUT2D eigenvalue weighted by Crippen LogP contribution is 2.27. The van der Waals surface area contributed by atoms with Crippen LogP contribution in [0.15, 0.2) is 6.07 Å². The molecular formula is C14H20ClN3O4. The quantitative estimate of drug-likeness (QED) is 0.680. The van der Waals surface area contributed by atoms with Crippen molar-refractivity contribution in [1.29, 1.82) is 0 Å². The number of hydrogen-bond donors (Lipinski definition) is 1. The second-order valence-corrected chi connectivity index (χ2v) is 6.38. The molecule has 1 unspecified atom stereocenters. The molecule has 1 aromatic heterocycles. The van der Waals surface area contributed by atoms with Crippen LogP contribution in [-0.2, 0) is 9.47 Å². The van der Waals surface area contributed by atoms with Crippen molar-refractivity contribution in [2.45, 2.75) is 38.7 Å². The second-order valence-electron chi connectivity index (χ2n) is 6.16. The Hall–Kier alpha value is -1.76. The minimum atomic E-state index is -0.570. The van der Waals surface area contributed by atoms with Crippen LogP contribution in [0.3, 0.4) is 0 Å². The highest BCUT2D eigenvalue weighted by atomic mass is 35.5. The van der Waals surface area contributed by atoms with E-state index in [4.69, 9.17) is 16.3 Å². The van der Waals surface area contributed by atoms with Crippen molar-refractivity contribution in [3.8, 4) is 0 Å². The minimum Gasteiger partial charge on any atom is -0.445 e. The van der Waals surface area contributed by atoms with Crippen molar-refractivity contribution >= 4 is 23.7 Å². The zero-order valence-electron chi connectivity index (χ0n) is 12.9. The van der Waals surface area contributed by atoms with Gasteiger partial charge in [-0.25, -0.2) is 9.59 Å². The molecule has 22 heavy (non-hydrogen) atoms. The minimum absolute atomic E-state index is 0.0950. The summed E-state index contributed by atoms with van der Waals surface area (Å²) in [5, 5.41) is 6.74. The summed E-state index contributed by atoms with van der Waals surface area (Å²) in [6.07, 6.45) is 0.460. The summed E-state index contributed by atoms with van der Waals surface area (Å²) in [4.78, 5) is 25.2. The predicted octanol–water partition coefficient (Wildman–Crippen LogP) is 2.49. The molecule has 0 radical (unpaired) electrons. The smallest absolute Gasteiger partial charge is 0.410 e. The average molecular weight is 330 g/mol. The van der Waals surface area contributed by atoms with Gasteiger partial charge >= 0.3 is 12.1 Å². The van der Waals surface area contributed by atoms with Gasteiger partial charge in [-0.05, 0) is 33.3 Å². The number of carbonyl (C=O) groups excluding carboxylic acids is 2. The molecule has 0 aliphatic carbocycles. The number of amides is 1. The Bertz CT molecular complexity index is 553. The summed E-state index contributed by atoms with van der Waals surface area (Å²) in [7, 11) is 0. The van der Waals surface area contributed by atoms with Crippen molar-refractivity contribution < 1.29 is 19.1 Å². The maximum Gasteiger partial charge on any atom is 0.410 e. The molecule has 122 valence electrons. The number of aromatic nitrogens is 2. The summed E-state index contributed by atoms with van der Waals surface area (Å²) < 4.78 is 10.0. The van der Waals surface area contributed by atoms with Crippen LogP contribution < -0.4 is 0 Å². The molecule has 1 atom stereocenters. The van der Waals surface area contributed by atoms with Gasteiger partial charge in [0.25, 0.3) is 0 Å². The van der Waals surface area contributed by atoms with Crippen molar-refractivity contribution in [3.63, 3.8) is 0 Å². The maximum absolute atomic E-state index is 12.0. The SMILES string of the molecule is CC(C)(C)OC(=O)N1CCC(c2cc(C(=O)OCCl)n[nH]2)C1. The van der Waals surface area contributed by atoms with Crippen LogP contribution in [0.4, 0.5) is 4.79 Å². The van der Waals surface area contributed by atoms with Crippen LogP contribution in [0.25, 0.3) is 0 Å². The van der Waals surface area contributed by atoms with Crippen LogP contribution in [0, 0.1) is 0 Å². The monoisotopic (exact) mass is 329 g/mol. The van der Waals surface area contributed by atoms with Gasteiger partial charge in [0.15, 0.2) is 11.8 Å². The third-order valence-electron chi connectivity index (χ3n) is 3.27. The Labute approximate surface area is 133 Å². The largest absolute Gasteiger partial charge is 0.445 e. The topological polar surface area (TPSA) is 84.5 Å². The van der Waals surface area contributed by atoms with Crippen LogP contribution in [0.2, 0.25) is 0 Å². The molecule has 1 aliphatic rings. The maximum atomic E-state index is 12.0. The Morgan fingerprint density at radius 3 is 2.86 bits per heavy atom. The molecule has 1 fully saturated rings. The van der Waals surface area contributed by atoms with E-state index in [0.717, 1.165) is 12.1 Å². The van der Waals surface area contributed by atoms with E-state index in [1.165, 1.54) is 0 Å². The van der Waals surface area contributed by atoms with Gasteiger partial charge in [0, 0.05) is 24.7 Å². The van der Waals surface area contributed by atoms with Gasteiger partial charge in [-0.1, -0.05) is 11.6 Å². The number of ether oxygens (including phenoxy) is 2. The molecular weight excluding hydrogens is 310 g/mol. The summed E-state index contributed by atoms with van der Waals surface area (Å²) >= 11 is 5.35. The molecule has 7 nitrogen and oxygen atoms in total. The standard InChI is InChI=1S/C14H20ClN3O4/c1-14(2,3)22-13(20)18-5-4-9(7-18)10-6-11(17-16-10)12(19)21-8-15/h6,9H,4-5,7-8H2,1-3H3,(H,16,17). The fourth-order valence-corrected chi connectivity index (χ4v) is 2.38. The number of alkyl halides is 1. The number of nitrogens with one attached hydrogen (secondary N) is 1. The third-order valence-corrected chi connectivity index (χ3v) is 3.38. The lowest BCUT2D eigenvalue weighted by atomic mass is 10.1. The van der Waals surface area contributed by atoms with Gasteiger partial charge in [-0.15, -0.1) is 0 Å². The van der Waals surface area contributed by atoms with Gasteiger partial charge < -0.3 is 14.4 Å². The van der Waals surface area contributed by atoms with E-state index in [-0.39, 0.29) is 23.8 Å². The molecule has 2 heterocycles. The molecule has 2 rings (SSSR count). The highest BCUT2D eigenvalue weighted by molar-refractivity contribution is 6.17. The average Bonchev–Trinajstić information content (AvgIpc) is 3.06. The van der Waals surface area contributed by atoms with E-state index in [2.05, 4.69) is 14.9 Å². The molecule has 1 N–H and O–H groups in total. The number of carbonyl (C=O) groups is 2. The fourth-order valence-electron chi connectivity index (χ4n) is 2.28. The van der Waals surface area contributed by atoms with E-state index in [9.17, 15) is 9.59 Å². The van der Waals surface area contributed by atoms with Crippen LogP contribution in [-0.4, -0.2) is 51.9 Å². The van der Waals surface area contributed by atoms with Crippen molar-refractivity contribution in [2.24, 2.45) is 0 Å². The van der Waals surface area contributed by atoms with Crippen molar-refractivity contribution in [3.05, 3.63) is 17.5 Å². The lowest BCUT2D eigenvalue weighted by Gasteiger charge is -2.24. The van der Waals surface area contributed by atoms with Gasteiger partial charge in [-0.2, -0.15) is 5.10 Å². The molecule has 1 saturated heterocycles. The Balaban J connectivity index is 1.96. The fraction of sp³-hybridized carbons (Fsp3) is 0.643. The van der Waals surface area contributed by atoms with Crippen LogP contribution >= 0.6 is 11.6 Å². The summed E-state index contributed by atoms with van der Waals surface area (Å²) in [5.41, 5.74) is 0.473. The molecule has 1 amide bonds. The van der Waals surface area contributed by atoms with E-state index in [1.807, 2.05) is 20.8 Å². The first-order chi connectivity index (χ1) is 10.3. The number of nitrogens with zero attached hydrogens (tertiary/aromatic N) is 2. The van der Waals surface area contributed by atoms with E-state index < -0.39 is 11.6 Å². The highest BCUT2D eigenvalue weighted by Gasteiger charge is 2.31. The van der Waals surface area contributed by atoms with E-state index in [1.54, 1.807) is 11.0 Å². The van der Waals surface area contributed by atoms with Gasteiger partial charge in [-0.3, -0.25) is 5.10 Å². The lowest BCUT2D eigenvalue weighted by molar-refractivity contribution is 0.0292. The number of hydrogen-bond acceptors (Lipinski definition) is 5. The molecule has 0 spiro atoms. The number of halogens is 1. The summed E-state index contributed by atoms with van der Waals surface area (Å²) in [6, 6.07) is 1.43. The number of aromatic amines is 1. The van der Waals surface area contributed by atoms with E-state index >= 15 is 0 Å². The first-order valence-electron chi connectivity index (χ1n) is 7.06. The summed E-state index contributed by atoms with van der Waals surface area (Å²) in [5.74, 6) is -0.475. The Kier molecular flexibility index (Phi) is 4.95. The van der Waals surface area contributed by atoms with Crippen LogP contribution in [0.5, 0.6) is 0 Å². The number of rotatable bonds is 3. The van der Waals surface area contributed by atoms with Gasteiger partial charge in [0.1, 0.15) is 5.60 Å². The Morgan fingerprint density at radius 2 is 2.23 bits per heavy atom. The molecule has 0 saturated carbocycles. The van der Waals surface area contributed by atoms with E-state index in [0.29, 0.717) is 13.1 Å². The van der Waals surface area contributed by atoms with Crippen LogP contribution in [0.1, 0.15) is 49.3 Å². The van der Waals surface area contributed by atoms with Crippen molar-refractivity contribution in [1.82, 2.24) is 15.1 Å². The first-order valence-corrected chi connectivity index (χ1v) is 7.60. The predicted molar refractivity (Wildman–Crippen MR) is 79.9 cm³/mol.